The van der Waals surface area contributed by atoms with Crippen LogP contribution in [0.1, 0.15) is 15.9 Å². The summed E-state index contributed by atoms with van der Waals surface area (Å²) in [7, 11) is 0. The van der Waals surface area contributed by atoms with Crippen LogP contribution in [0.15, 0.2) is 80.2 Å². The Balaban J connectivity index is 1.57. The Morgan fingerprint density at radius 3 is 2.55 bits per heavy atom. The number of halogens is 2. The third-order valence-electron chi connectivity index (χ3n) is 4.48. The molecule has 0 aliphatic rings. The molecule has 0 saturated carbocycles. The van der Waals surface area contributed by atoms with Crippen molar-refractivity contribution < 1.29 is 4.79 Å². The van der Waals surface area contributed by atoms with Gasteiger partial charge in [-0.2, -0.15) is 10.1 Å². The molecular weight excluding hydrogens is 560 g/mol. The van der Waals surface area contributed by atoms with Gasteiger partial charge in [-0.1, -0.05) is 55.3 Å². The van der Waals surface area contributed by atoms with Gasteiger partial charge in [0.2, 0.25) is 5.13 Å². The molecule has 3 aromatic carbocycles. The number of benzene rings is 3. The van der Waals surface area contributed by atoms with E-state index in [1.807, 2.05) is 54.6 Å². The summed E-state index contributed by atoms with van der Waals surface area (Å²) in [5.41, 5.74) is 4.87. The average molecular weight is 572 g/mol. The number of carbonyl (C=O) groups excluding carboxylic acids is 1. The highest BCUT2D eigenvalue weighted by Crippen LogP contribution is 2.32. The second-order valence-corrected chi connectivity index (χ2v) is 10.3. The van der Waals surface area contributed by atoms with Gasteiger partial charge < -0.3 is 0 Å². The van der Waals surface area contributed by atoms with Crippen LogP contribution in [0.25, 0.3) is 20.4 Å². The first-order valence-electron chi connectivity index (χ1n) is 9.10. The SMILES string of the molecule is O=C(c1ccc2ncsc2c1)N(/N=C/c1ccc(Br)cc1)c1nc2ccc(Br)cc2s1. The molecule has 31 heavy (non-hydrogen) atoms. The first-order chi connectivity index (χ1) is 15.1. The number of anilines is 1. The molecule has 0 aliphatic carbocycles. The van der Waals surface area contributed by atoms with Crippen molar-refractivity contribution in [2.75, 3.05) is 5.01 Å². The molecule has 0 atom stereocenters. The Labute approximate surface area is 202 Å². The maximum absolute atomic E-state index is 13.5. The monoisotopic (exact) mass is 570 g/mol. The summed E-state index contributed by atoms with van der Waals surface area (Å²) in [6.45, 7) is 0. The third kappa shape index (κ3) is 4.31. The fourth-order valence-electron chi connectivity index (χ4n) is 2.95. The predicted octanol–water partition coefficient (Wildman–Crippen LogP) is 7.11. The summed E-state index contributed by atoms with van der Waals surface area (Å²) in [5.74, 6) is -0.248. The quantitative estimate of drug-likeness (QED) is 0.170. The van der Waals surface area contributed by atoms with Crippen molar-refractivity contribution in [1.82, 2.24) is 9.97 Å². The minimum atomic E-state index is -0.248. The Morgan fingerprint density at radius 2 is 1.71 bits per heavy atom. The molecule has 0 N–H and O–H groups in total. The molecular formula is C22H12Br2N4OS2. The van der Waals surface area contributed by atoms with Crippen LogP contribution < -0.4 is 5.01 Å². The van der Waals surface area contributed by atoms with Crippen molar-refractivity contribution in [2.45, 2.75) is 0 Å². The lowest BCUT2D eigenvalue weighted by Gasteiger charge is -2.14. The molecule has 0 unspecified atom stereocenters. The van der Waals surface area contributed by atoms with E-state index in [1.54, 1.807) is 17.8 Å². The van der Waals surface area contributed by atoms with Gasteiger partial charge >= 0.3 is 0 Å². The number of aromatic nitrogens is 2. The van der Waals surface area contributed by atoms with Gasteiger partial charge in [-0.25, -0.2) is 9.97 Å². The summed E-state index contributed by atoms with van der Waals surface area (Å²) in [6, 6.07) is 19.0. The molecule has 0 bridgehead atoms. The van der Waals surface area contributed by atoms with E-state index in [1.165, 1.54) is 27.7 Å². The number of hydrogen-bond donors (Lipinski definition) is 0. The molecule has 0 fully saturated rings. The fraction of sp³-hybridized carbons (Fsp3) is 0. The van der Waals surface area contributed by atoms with Gasteiger partial charge in [0.1, 0.15) is 0 Å². The van der Waals surface area contributed by atoms with Crippen molar-refractivity contribution in [2.24, 2.45) is 5.10 Å². The molecule has 0 radical (unpaired) electrons. The lowest BCUT2D eigenvalue weighted by Crippen LogP contribution is -2.25. The summed E-state index contributed by atoms with van der Waals surface area (Å²) in [4.78, 5) is 22.4. The maximum atomic E-state index is 13.5. The number of thiazole rings is 2. The minimum Gasteiger partial charge on any atom is -0.267 e. The van der Waals surface area contributed by atoms with E-state index >= 15 is 0 Å². The van der Waals surface area contributed by atoms with Gasteiger partial charge in [-0.3, -0.25) is 4.79 Å². The summed E-state index contributed by atoms with van der Waals surface area (Å²) >= 11 is 9.84. The van der Waals surface area contributed by atoms with Crippen LogP contribution in [0.5, 0.6) is 0 Å². The smallest absolute Gasteiger partial charge is 0.267 e. The fourth-order valence-corrected chi connectivity index (χ4v) is 5.40. The normalized spacial score (nSPS) is 11.5. The zero-order valence-corrected chi connectivity index (χ0v) is 20.5. The molecule has 9 heteroatoms. The Bertz CT molecular complexity index is 1440. The molecule has 0 spiro atoms. The molecule has 1 amide bonds. The number of carbonyl (C=O) groups is 1. The molecule has 5 rings (SSSR count). The molecule has 152 valence electrons. The minimum absolute atomic E-state index is 0.248. The summed E-state index contributed by atoms with van der Waals surface area (Å²) in [6.07, 6.45) is 1.66. The van der Waals surface area contributed by atoms with E-state index in [4.69, 9.17) is 0 Å². The van der Waals surface area contributed by atoms with Crippen LogP contribution in [-0.4, -0.2) is 22.1 Å². The van der Waals surface area contributed by atoms with Gasteiger partial charge in [-0.15, -0.1) is 11.3 Å². The van der Waals surface area contributed by atoms with Crippen LogP contribution in [0, 0.1) is 0 Å². The maximum Gasteiger partial charge on any atom is 0.280 e. The molecule has 2 heterocycles. The predicted molar refractivity (Wildman–Crippen MR) is 135 cm³/mol. The molecule has 0 saturated heterocycles. The van der Waals surface area contributed by atoms with Gasteiger partial charge in [-0.05, 0) is 54.1 Å². The highest BCUT2D eigenvalue weighted by Gasteiger charge is 2.21. The largest absolute Gasteiger partial charge is 0.280 e. The van der Waals surface area contributed by atoms with Gasteiger partial charge in [0.05, 0.1) is 32.2 Å². The number of fused-ring (bicyclic) bond motifs is 2. The number of amides is 1. The second-order valence-electron chi connectivity index (χ2n) is 6.56. The highest BCUT2D eigenvalue weighted by molar-refractivity contribution is 9.10. The Hall–Kier alpha value is -2.46. The topological polar surface area (TPSA) is 58.5 Å². The van der Waals surface area contributed by atoms with E-state index in [0.717, 1.165) is 34.9 Å². The lowest BCUT2D eigenvalue weighted by atomic mass is 10.2. The van der Waals surface area contributed by atoms with E-state index in [-0.39, 0.29) is 5.91 Å². The average Bonchev–Trinajstić information content (AvgIpc) is 3.40. The third-order valence-corrected chi connectivity index (χ3v) is 7.29. The Morgan fingerprint density at radius 1 is 0.935 bits per heavy atom. The molecule has 2 aromatic heterocycles. The van der Waals surface area contributed by atoms with Gasteiger partial charge in [0.25, 0.3) is 5.91 Å². The lowest BCUT2D eigenvalue weighted by molar-refractivity contribution is 0.0988. The summed E-state index contributed by atoms with van der Waals surface area (Å²) < 4.78 is 3.86. The van der Waals surface area contributed by atoms with Gasteiger partial charge in [0, 0.05) is 14.5 Å². The number of hydrogen-bond acceptors (Lipinski definition) is 6. The molecule has 5 aromatic rings. The first kappa shape index (κ1) is 20.4. The molecule has 5 nitrogen and oxygen atoms in total. The standard InChI is InChI=1S/C22H12Br2N4OS2/c23-15-4-1-13(2-5-15)11-26-28(22-27-18-8-6-16(24)10-20(18)31-22)21(29)14-3-7-17-19(9-14)30-12-25-17/h1-12H/b26-11+. The van der Waals surface area contributed by atoms with Crippen LogP contribution in [0.2, 0.25) is 0 Å². The van der Waals surface area contributed by atoms with Crippen LogP contribution in [0.4, 0.5) is 5.13 Å². The second kappa shape index (κ2) is 8.58. The molecule has 0 aliphatic heterocycles. The van der Waals surface area contributed by atoms with E-state index in [2.05, 4.69) is 46.9 Å². The van der Waals surface area contributed by atoms with E-state index in [0.29, 0.717) is 10.7 Å². The highest BCUT2D eigenvalue weighted by atomic mass is 79.9. The van der Waals surface area contributed by atoms with E-state index < -0.39 is 0 Å². The first-order valence-corrected chi connectivity index (χ1v) is 12.4. The van der Waals surface area contributed by atoms with Gasteiger partial charge in [0.15, 0.2) is 0 Å². The number of hydrazone groups is 1. The Kier molecular flexibility index (Phi) is 5.66. The van der Waals surface area contributed by atoms with E-state index in [9.17, 15) is 4.79 Å². The zero-order valence-electron chi connectivity index (χ0n) is 15.7. The van der Waals surface area contributed by atoms with Crippen molar-refractivity contribution in [3.8, 4) is 0 Å². The van der Waals surface area contributed by atoms with Crippen molar-refractivity contribution in [3.05, 3.63) is 86.2 Å². The van der Waals surface area contributed by atoms with Crippen LogP contribution in [0.3, 0.4) is 0 Å². The van der Waals surface area contributed by atoms with Crippen LogP contribution >= 0.6 is 54.5 Å². The van der Waals surface area contributed by atoms with Crippen molar-refractivity contribution >= 4 is 92.2 Å². The van der Waals surface area contributed by atoms with Crippen molar-refractivity contribution in [1.29, 1.82) is 0 Å². The van der Waals surface area contributed by atoms with Crippen LogP contribution in [-0.2, 0) is 0 Å². The zero-order chi connectivity index (χ0) is 21.4. The summed E-state index contributed by atoms with van der Waals surface area (Å²) in [5, 5.41) is 6.40. The number of rotatable bonds is 4. The van der Waals surface area contributed by atoms with Crippen molar-refractivity contribution in [3.63, 3.8) is 0 Å². The number of nitrogens with zero attached hydrogens (tertiary/aromatic N) is 4.